The Morgan fingerprint density at radius 1 is 1.00 bits per heavy atom. The number of rotatable bonds is 4. The molecule has 3 aliphatic rings. The number of carbonyl (C=O) groups is 1. The molecular weight excluding hydrogens is 392 g/mol. The summed E-state index contributed by atoms with van der Waals surface area (Å²) < 4.78 is 32.7. The van der Waals surface area contributed by atoms with Gasteiger partial charge in [-0.1, -0.05) is 18.0 Å². The van der Waals surface area contributed by atoms with E-state index in [1.54, 1.807) is 13.8 Å². The van der Waals surface area contributed by atoms with Crippen molar-refractivity contribution in [3.05, 3.63) is 11.5 Å². The highest BCUT2D eigenvalue weighted by atomic mass is 32.2. The van der Waals surface area contributed by atoms with Crippen molar-refractivity contribution in [1.29, 1.82) is 0 Å². The Balaban J connectivity index is 1.39. The second-order valence-corrected chi connectivity index (χ2v) is 10.5. The Morgan fingerprint density at radius 2 is 1.69 bits per heavy atom. The predicted molar refractivity (Wildman–Crippen MR) is 108 cm³/mol. The monoisotopic (exact) mass is 424 g/mol. The highest BCUT2D eigenvalue weighted by Gasteiger charge is 2.38. The third-order valence-electron chi connectivity index (χ3n) is 6.77. The van der Waals surface area contributed by atoms with Gasteiger partial charge in [0, 0.05) is 45.3 Å². The van der Waals surface area contributed by atoms with Gasteiger partial charge in [-0.3, -0.25) is 9.69 Å². The van der Waals surface area contributed by atoms with E-state index in [9.17, 15) is 13.2 Å². The minimum atomic E-state index is -3.70. The number of aryl methyl sites for hydroxylation is 2. The summed E-state index contributed by atoms with van der Waals surface area (Å²) in [7, 11) is -3.70. The van der Waals surface area contributed by atoms with Gasteiger partial charge < -0.3 is 9.42 Å². The van der Waals surface area contributed by atoms with Crippen LogP contribution in [0.4, 0.5) is 0 Å². The Hall–Kier alpha value is -1.45. The van der Waals surface area contributed by atoms with Gasteiger partial charge in [-0.25, -0.2) is 8.42 Å². The minimum Gasteiger partial charge on any atom is -0.360 e. The maximum absolute atomic E-state index is 13.1. The van der Waals surface area contributed by atoms with Gasteiger partial charge in [-0.05, 0) is 39.5 Å². The molecule has 4 rings (SSSR count). The van der Waals surface area contributed by atoms with Crippen molar-refractivity contribution in [2.24, 2.45) is 5.92 Å². The first-order chi connectivity index (χ1) is 13.9. The molecule has 1 aliphatic carbocycles. The maximum Gasteiger partial charge on any atom is 0.248 e. The van der Waals surface area contributed by atoms with Crippen molar-refractivity contribution in [2.45, 2.75) is 63.3 Å². The summed E-state index contributed by atoms with van der Waals surface area (Å²) in [5, 5.41) is 3.78. The first kappa shape index (κ1) is 20.8. The first-order valence-corrected chi connectivity index (χ1v) is 12.3. The van der Waals surface area contributed by atoms with E-state index in [4.69, 9.17) is 4.52 Å². The third-order valence-corrected chi connectivity index (χ3v) is 8.88. The lowest BCUT2D eigenvalue weighted by molar-refractivity contribution is -0.138. The first-order valence-electron chi connectivity index (χ1n) is 10.8. The molecule has 0 N–H and O–H groups in total. The molecule has 29 heavy (non-hydrogen) atoms. The van der Waals surface area contributed by atoms with Crippen molar-refractivity contribution in [3.8, 4) is 0 Å². The molecule has 162 valence electrons. The summed E-state index contributed by atoms with van der Waals surface area (Å²) >= 11 is 0. The van der Waals surface area contributed by atoms with E-state index >= 15 is 0 Å². The fraction of sp³-hybridized carbons (Fsp3) is 0.800. The Kier molecular flexibility index (Phi) is 5.99. The topological polar surface area (TPSA) is 87.0 Å². The van der Waals surface area contributed by atoms with E-state index < -0.39 is 10.0 Å². The minimum absolute atomic E-state index is 0.106. The molecule has 1 unspecified atom stereocenters. The van der Waals surface area contributed by atoms with Crippen LogP contribution < -0.4 is 0 Å². The van der Waals surface area contributed by atoms with Crippen LogP contribution in [0.25, 0.3) is 0 Å². The highest BCUT2D eigenvalue weighted by Crippen LogP contribution is 2.29. The molecule has 9 heteroatoms. The molecule has 0 bridgehead atoms. The molecule has 1 saturated carbocycles. The van der Waals surface area contributed by atoms with Crippen LogP contribution in [0.1, 0.15) is 50.0 Å². The average Bonchev–Trinajstić information content (AvgIpc) is 3.38. The van der Waals surface area contributed by atoms with E-state index in [2.05, 4.69) is 10.1 Å². The lowest BCUT2D eigenvalue weighted by Crippen LogP contribution is -2.54. The van der Waals surface area contributed by atoms with Crippen molar-refractivity contribution in [2.75, 3.05) is 39.3 Å². The second-order valence-electron chi connectivity index (χ2n) is 8.66. The number of sulfonamides is 1. The van der Waals surface area contributed by atoms with Crippen molar-refractivity contribution >= 4 is 15.9 Å². The molecule has 2 saturated heterocycles. The molecule has 0 spiro atoms. The summed E-state index contributed by atoms with van der Waals surface area (Å²) in [5.41, 5.74) is 0.374. The van der Waals surface area contributed by atoms with Crippen LogP contribution in [0, 0.1) is 19.8 Å². The molecule has 3 fully saturated rings. The van der Waals surface area contributed by atoms with Gasteiger partial charge in [0.05, 0.1) is 5.92 Å². The van der Waals surface area contributed by atoms with Crippen molar-refractivity contribution in [3.63, 3.8) is 0 Å². The largest absolute Gasteiger partial charge is 0.360 e. The number of amides is 1. The molecule has 0 aromatic carbocycles. The SMILES string of the molecule is Cc1noc(C)c1S(=O)(=O)N1CCCC(C(=O)N2CCN(C3CCCC3)CC2)C1. The smallest absolute Gasteiger partial charge is 0.248 e. The predicted octanol–water partition coefficient (Wildman–Crippen LogP) is 1.78. The summed E-state index contributed by atoms with van der Waals surface area (Å²) in [6.07, 6.45) is 6.65. The normalized spacial score (nSPS) is 25.6. The van der Waals surface area contributed by atoms with Crippen molar-refractivity contribution < 1.29 is 17.7 Å². The van der Waals surface area contributed by atoms with Crippen molar-refractivity contribution in [1.82, 2.24) is 19.3 Å². The van der Waals surface area contributed by atoms with Gasteiger partial charge in [-0.15, -0.1) is 0 Å². The molecular formula is C20H32N4O4S. The van der Waals surface area contributed by atoms with Crippen LogP contribution in [0.5, 0.6) is 0 Å². The van der Waals surface area contributed by atoms with Crippen LogP contribution in [0.15, 0.2) is 9.42 Å². The van der Waals surface area contributed by atoms with E-state index in [1.807, 2.05) is 4.90 Å². The molecule has 3 heterocycles. The van der Waals surface area contributed by atoms with E-state index in [0.717, 1.165) is 32.6 Å². The zero-order chi connectivity index (χ0) is 20.6. The second kappa shape index (κ2) is 8.35. The van der Waals surface area contributed by atoms with Crippen LogP contribution in [0.2, 0.25) is 0 Å². The van der Waals surface area contributed by atoms with E-state index in [1.165, 1.54) is 30.0 Å². The number of piperidine rings is 1. The molecule has 1 atom stereocenters. The Morgan fingerprint density at radius 3 is 2.31 bits per heavy atom. The quantitative estimate of drug-likeness (QED) is 0.732. The number of hydrogen-bond donors (Lipinski definition) is 0. The Bertz CT molecular complexity index is 819. The number of nitrogens with zero attached hydrogens (tertiary/aromatic N) is 4. The lowest BCUT2D eigenvalue weighted by Gasteiger charge is -2.40. The number of piperazine rings is 1. The summed E-state index contributed by atoms with van der Waals surface area (Å²) in [6, 6.07) is 0.692. The zero-order valence-corrected chi connectivity index (χ0v) is 18.3. The van der Waals surface area contributed by atoms with Gasteiger partial charge in [0.1, 0.15) is 10.6 Å². The summed E-state index contributed by atoms with van der Waals surface area (Å²) in [4.78, 5) is 17.8. The van der Waals surface area contributed by atoms with Gasteiger partial charge in [0.25, 0.3) is 0 Å². The maximum atomic E-state index is 13.1. The van der Waals surface area contributed by atoms with Crippen LogP contribution in [-0.4, -0.2) is 78.9 Å². The molecule has 2 aliphatic heterocycles. The molecule has 1 amide bonds. The fourth-order valence-electron chi connectivity index (χ4n) is 5.17. The van der Waals surface area contributed by atoms with E-state index in [0.29, 0.717) is 30.5 Å². The summed E-state index contributed by atoms with van der Waals surface area (Å²) in [5.74, 6) is 0.144. The van der Waals surface area contributed by atoms with Gasteiger partial charge in [0.15, 0.2) is 5.76 Å². The number of aromatic nitrogens is 1. The highest BCUT2D eigenvalue weighted by molar-refractivity contribution is 7.89. The summed E-state index contributed by atoms with van der Waals surface area (Å²) in [6.45, 7) is 7.31. The van der Waals surface area contributed by atoms with Gasteiger partial charge >= 0.3 is 0 Å². The molecule has 8 nitrogen and oxygen atoms in total. The third kappa shape index (κ3) is 4.09. The van der Waals surface area contributed by atoms with Gasteiger partial charge in [0.2, 0.25) is 15.9 Å². The van der Waals surface area contributed by atoms with Crippen LogP contribution >= 0.6 is 0 Å². The average molecular weight is 425 g/mol. The molecule has 0 radical (unpaired) electrons. The molecule has 1 aromatic heterocycles. The lowest BCUT2D eigenvalue weighted by atomic mass is 9.97. The number of carbonyl (C=O) groups excluding carboxylic acids is 1. The number of hydrogen-bond acceptors (Lipinski definition) is 6. The van der Waals surface area contributed by atoms with Crippen LogP contribution in [-0.2, 0) is 14.8 Å². The fourth-order valence-corrected chi connectivity index (χ4v) is 6.98. The van der Waals surface area contributed by atoms with Gasteiger partial charge in [-0.2, -0.15) is 4.31 Å². The van der Waals surface area contributed by atoms with Crippen LogP contribution in [0.3, 0.4) is 0 Å². The van der Waals surface area contributed by atoms with E-state index in [-0.39, 0.29) is 23.3 Å². The zero-order valence-electron chi connectivity index (χ0n) is 17.5. The molecule has 1 aromatic rings. The Labute approximate surface area is 173 Å². The standard InChI is InChI=1S/C20H32N4O4S/c1-15-19(16(2)28-21-15)29(26,27)24-9-5-6-17(14-24)20(25)23-12-10-22(11-13-23)18-7-3-4-8-18/h17-18H,3-14H2,1-2H3.